The van der Waals surface area contributed by atoms with E-state index >= 15 is 0 Å². The van der Waals surface area contributed by atoms with E-state index in [1.54, 1.807) is 9.58 Å². The molecule has 0 radical (unpaired) electrons. The van der Waals surface area contributed by atoms with Crippen molar-refractivity contribution in [2.75, 3.05) is 18.8 Å². The second kappa shape index (κ2) is 8.76. The summed E-state index contributed by atoms with van der Waals surface area (Å²) >= 11 is 0. The summed E-state index contributed by atoms with van der Waals surface area (Å²) in [5.74, 6) is 1.65. The van der Waals surface area contributed by atoms with Crippen molar-refractivity contribution in [2.45, 2.75) is 18.9 Å². The second-order valence-corrected chi connectivity index (χ2v) is 7.39. The highest BCUT2D eigenvalue weighted by molar-refractivity contribution is 5.87. The van der Waals surface area contributed by atoms with E-state index in [0.29, 0.717) is 35.9 Å². The Bertz CT molecular complexity index is 1130. The van der Waals surface area contributed by atoms with Crippen molar-refractivity contribution in [1.29, 1.82) is 5.26 Å². The number of hydrogen-bond acceptors (Lipinski definition) is 5. The first-order chi connectivity index (χ1) is 15.1. The number of aromatic nitrogens is 2. The molecule has 1 fully saturated rings. The Morgan fingerprint density at radius 1 is 1.19 bits per heavy atom. The zero-order chi connectivity index (χ0) is 21.8. The Morgan fingerprint density at radius 3 is 2.58 bits per heavy atom. The first kappa shape index (κ1) is 20.2. The lowest BCUT2D eigenvalue weighted by molar-refractivity contribution is -0.127. The first-order valence-electron chi connectivity index (χ1n) is 10.1. The number of nitrogen functional groups attached to an aromatic ring is 1. The summed E-state index contributed by atoms with van der Waals surface area (Å²) < 4.78 is 7.52. The van der Waals surface area contributed by atoms with Crippen LogP contribution in [0.1, 0.15) is 24.4 Å². The fourth-order valence-electron chi connectivity index (χ4n) is 3.83. The molecule has 2 aromatic carbocycles. The van der Waals surface area contributed by atoms with E-state index in [-0.39, 0.29) is 11.9 Å². The van der Waals surface area contributed by atoms with Crippen molar-refractivity contribution in [1.82, 2.24) is 14.7 Å². The number of carbonyl (C=O) groups excluding carboxylic acids is 1. The molecule has 1 aliphatic heterocycles. The van der Waals surface area contributed by atoms with Crippen LogP contribution in [0.5, 0.6) is 11.5 Å². The molecular weight excluding hydrogens is 390 g/mol. The number of likely N-dealkylation sites (tertiary alicyclic amines) is 1. The lowest BCUT2D eigenvalue weighted by Gasteiger charge is -2.32. The number of nitrogens with zero attached hydrogens (tertiary/aromatic N) is 4. The molecule has 7 nitrogen and oxygen atoms in total. The molecule has 0 unspecified atom stereocenters. The summed E-state index contributed by atoms with van der Waals surface area (Å²) in [4.78, 5) is 13.8. The molecule has 0 aliphatic carbocycles. The second-order valence-electron chi connectivity index (χ2n) is 7.39. The zero-order valence-electron chi connectivity index (χ0n) is 17.1. The van der Waals surface area contributed by atoms with Gasteiger partial charge in [-0.3, -0.25) is 4.79 Å². The van der Waals surface area contributed by atoms with Crippen LogP contribution in [0.3, 0.4) is 0 Å². The Hall–Kier alpha value is -4.05. The van der Waals surface area contributed by atoms with Gasteiger partial charge in [0.2, 0.25) is 5.91 Å². The van der Waals surface area contributed by atoms with Crippen LogP contribution < -0.4 is 10.5 Å². The Labute approximate surface area is 181 Å². The normalized spacial score (nSPS) is 15.8. The van der Waals surface area contributed by atoms with E-state index in [2.05, 4.69) is 17.7 Å². The minimum absolute atomic E-state index is 0.0841. The summed E-state index contributed by atoms with van der Waals surface area (Å²) in [5.41, 5.74) is 7.94. The minimum atomic E-state index is -0.106. The lowest BCUT2D eigenvalue weighted by atomic mass is 10.1. The Kier molecular flexibility index (Phi) is 5.72. The number of benzene rings is 2. The summed E-state index contributed by atoms with van der Waals surface area (Å²) in [6.07, 6.45) is 2.99. The molecular formula is C24H23N5O2. The van der Waals surface area contributed by atoms with Gasteiger partial charge in [0.15, 0.2) is 0 Å². The van der Waals surface area contributed by atoms with Gasteiger partial charge in [-0.2, -0.15) is 10.4 Å². The molecule has 2 N–H and O–H groups in total. The number of ether oxygens (including phenoxy) is 1. The van der Waals surface area contributed by atoms with Gasteiger partial charge in [0, 0.05) is 18.7 Å². The molecule has 7 heteroatoms. The lowest BCUT2D eigenvalue weighted by Crippen LogP contribution is -2.40. The van der Waals surface area contributed by atoms with Gasteiger partial charge in [0.25, 0.3) is 0 Å². The molecule has 1 saturated heterocycles. The number of carbonyl (C=O) groups is 1. The molecule has 2 heterocycles. The predicted molar refractivity (Wildman–Crippen MR) is 118 cm³/mol. The van der Waals surface area contributed by atoms with Crippen LogP contribution in [0.25, 0.3) is 11.3 Å². The smallest absolute Gasteiger partial charge is 0.246 e. The van der Waals surface area contributed by atoms with Crippen LogP contribution in [0.2, 0.25) is 0 Å². The van der Waals surface area contributed by atoms with Crippen molar-refractivity contribution in [3.05, 3.63) is 72.8 Å². The molecule has 0 saturated carbocycles. The predicted octanol–water partition coefficient (Wildman–Crippen LogP) is 4.15. The van der Waals surface area contributed by atoms with Crippen molar-refractivity contribution < 1.29 is 9.53 Å². The molecule has 1 aliphatic rings. The number of piperidine rings is 1. The molecule has 0 bridgehead atoms. The number of rotatable bonds is 5. The van der Waals surface area contributed by atoms with Crippen LogP contribution in [-0.2, 0) is 4.79 Å². The van der Waals surface area contributed by atoms with Gasteiger partial charge in [-0.15, -0.1) is 0 Å². The van der Waals surface area contributed by atoms with E-state index in [4.69, 9.17) is 10.5 Å². The molecule has 4 rings (SSSR count). The fraction of sp³-hybridized carbons (Fsp3) is 0.208. The van der Waals surface area contributed by atoms with Crippen molar-refractivity contribution >= 4 is 11.7 Å². The molecule has 1 atom stereocenters. The maximum atomic E-state index is 12.0. The largest absolute Gasteiger partial charge is 0.457 e. The zero-order valence-corrected chi connectivity index (χ0v) is 17.1. The molecule has 0 spiro atoms. The van der Waals surface area contributed by atoms with Crippen molar-refractivity contribution in [3.8, 4) is 28.8 Å². The topological polar surface area (TPSA) is 97.2 Å². The van der Waals surface area contributed by atoms with Crippen LogP contribution in [0.15, 0.2) is 67.3 Å². The monoisotopic (exact) mass is 413 g/mol. The van der Waals surface area contributed by atoms with E-state index in [9.17, 15) is 10.1 Å². The van der Waals surface area contributed by atoms with Gasteiger partial charge < -0.3 is 15.4 Å². The van der Waals surface area contributed by atoms with Gasteiger partial charge >= 0.3 is 0 Å². The molecule has 31 heavy (non-hydrogen) atoms. The van der Waals surface area contributed by atoms with E-state index in [0.717, 1.165) is 24.2 Å². The number of nitriles is 1. The fourth-order valence-corrected chi connectivity index (χ4v) is 3.83. The molecule has 1 aromatic heterocycles. The quantitative estimate of drug-likeness (QED) is 0.634. The summed E-state index contributed by atoms with van der Waals surface area (Å²) in [6.45, 7) is 4.74. The van der Waals surface area contributed by atoms with E-state index < -0.39 is 0 Å². The number of para-hydroxylation sites is 1. The van der Waals surface area contributed by atoms with Gasteiger partial charge in [-0.25, -0.2) is 4.68 Å². The van der Waals surface area contributed by atoms with E-state index in [1.165, 1.54) is 6.08 Å². The highest BCUT2D eigenvalue weighted by atomic mass is 16.5. The van der Waals surface area contributed by atoms with Crippen LogP contribution in [0.4, 0.5) is 5.82 Å². The van der Waals surface area contributed by atoms with Gasteiger partial charge in [-0.1, -0.05) is 24.8 Å². The van der Waals surface area contributed by atoms with Crippen LogP contribution in [0, 0.1) is 11.3 Å². The van der Waals surface area contributed by atoms with Gasteiger partial charge in [-0.05, 0) is 55.3 Å². The number of anilines is 1. The summed E-state index contributed by atoms with van der Waals surface area (Å²) in [7, 11) is 0. The van der Waals surface area contributed by atoms with Gasteiger partial charge in [0.05, 0.1) is 6.04 Å². The maximum absolute atomic E-state index is 12.0. The summed E-state index contributed by atoms with van der Waals surface area (Å²) in [6, 6.07) is 19.0. The Balaban J connectivity index is 1.60. The third kappa shape index (κ3) is 4.14. The third-order valence-electron chi connectivity index (χ3n) is 5.39. The number of nitrogens with two attached hydrogens (primary N) is 1. The Morgan fingerprint density at radius 2 is 1.90 bits per heavy atom. The highest BCUT2D eigenvalue weighted by Gasteiger charge is 2.28. The average molecular weight is 413 g/mol. The summed E-state index contributed by atoms with van der Waals surface area (Å²) in [5, 5.41) is 14.4. The SMILES string of the molecule is C=CC(=O)N1CCC[C@@H](n2nc(-c3ccc(Oc4ccccc4)cc3)c(C#N)c2N)C1. The number of hydrogen-bond donors (Lipinski definition) is 1. The van der Waals surface area contributed by atoms with Crippen LogP contribution in [-0.4, -0.2) is 33.7 Å². The first-order valence-corrected chi connectivity index (χ1v) is 10.1. The van der Waals surface area contributed by atoms with Crippen molar-refractivity contribution in [3.63, 3.8) is 0 Å². The van der Waals surface area contributed by atoms with E-state index in [1.807, 2.05) is 54.6 Å². The number of amides is 1. The van der Waals surface area contributed by atoms with Crippen LogP contribution >= 0.6 is 0 Å². The average Bonchev–Trinajstić information content (AvgIpc) is 3.16. The maximum Gasteiger partial charge on any atom is 0.246 e. The molecule has 3 aromatic rings. The molecule has 1 amide bonds. The minimum Gasteiger partial charge on any atom is -0.457 e. The van der Waals surface area contributed by atoms with Gasteiger partial charge in [0.1, 0.15) is 34.6 Å². The molecule has 156 valence electrons. The third-order valence-corrected chi connectivity index (χ3v) is 5.39. The van der Waals surface area contributed by atoms with Crippen molar-refractivity contribution in [2.24, 2.45) is 0 Å². The highest BCUT2D eigenvalue weighted by Crippen LogP contribution is 2.33. The standard InChI is InChI=1S/C24H23N5O2/c1-2-22(30)28-14-6-7-18(16-28)29-24(26)21(15-25)23(27-29)17-10-12-20(13-11-17)31-19-8-4-3-5-9-19/h2-5,8-13,18H,1,6-7,14,16,26H2/t18-/m1/s1.